The molecule has 6 heteroatoms. The monoisotopic (exact) mass is 315 g/mol. The fourth-order valence-electron chi connectivity index (χ4n) is 2.17. The lowest BCUT2D eigenvalue weighted by Crippen LogP contribution is -2.28. The number of nitrogens with one attached hydrogen (secondary N) is 1. The third-order valence-corrected chi connectivity index (χ3v) is 3.22. The van der Waals surface area contributed by atoms with Gasteiger partial charge in [0, 0.05) is 11.8 Å². The molecular formula is C17H21N3O3. The van der Waals surface area contributed by atoms with Crippen molar-refractivity contribution in [3.63, 3.8) is 0 Å². The predicted molar refractivity (Wildman–Crippen MR) is 88.7 cm³/mol. The van der Waals surface area contributed by atoms with E-state index in [1.165, 1.54) is 17.0 Å². The second-order valence-electron chi connectivity index (χ2n) is 5.07. The lowest BCUT2D eigenvalue weighted by atomic mass is 10.2. The average molecular weight is 315 g/mol. The van der Waals surface area contributed by atoms with Gasteiger partial charge in [-0.2, -0.15) is 0 Å². The highest BCUT2D eigenvalue weighted by Gasteiger charge is 2.09. The molecular weight excluding hydrogens is 294 g/mol. The van der Waals surface area contributed by atoms with Gasteiger partial charge in [0.25, 0.3) is 5.56 Å². The van der Waals surface area contributed by atoms with Crippen molar-refractivity contribution in [3.8, 4) is 5.75 Å². The SMILES string of the molecule is CCCc1cc(=O)n(CC(=O)Nc2ccccc2OCC)cn1. The number of carbonyl (C=O) groups is 1. The van der Waals surface area contributed by atoms with Crippen LogP contribution < -0.4 is 15.6 Å². The van der Waals surface area contributed by atoms with Crippen molar-refractivity contribution in [2.24, 2.45) is 0 Å². The van der Waals surface area contributed by atoms with Crippen LogP contribution >= 0.6 is 0 Å². The molecule has 2 rings (SSSR count). The molecule has 0 aliphatic rings. The van der Waals surface area contributed by atoms with Crippen LogP contribution in [-0.4, -0.2) is 22.1 Å². The van der Waals surface area contributed by atoms with E-state index in [-0.39, 0.29) is 18.0 Å². The van der Waals surface area contributed by atoms with Crippen LogP contribution in [0.2, 0.25) is 0 Å². The van der Waals surface area contributed by atoms with Gasteiger partial charge in [-0.15, -0.1) is 0 Å². The van der Waals surface area contributed by atoms with Gasteiger partial charge in [-0.1, -0.05) is 25.5 Å². The third kappa shape index (κ3) is 4.67. The van der Waals surface area contributed by atoms with E-state index in [2.05, 4.69) is 10.3 Å². The average Bonchev–Trinajstić information content (AvgIpc) is 2.52. The Morgan fingerprint density at radius 2 is 2.09 bits per heavy atom. The van der Waals surface area contributed by atoms with Gasteiger partial charge in [-0.25, -0.2) is 4.98 Å². The van der Waals surface area contributed by atoms with E-state index < -0.39 is 0 Å². The molecule has 23 heavy (non-hydrogen) atoms. The van der Waals surface area contributed by atoms with Crippen molar-refractivity contribution in [2.75, 3.05) is 11.9 Å². The van der Waals surface area contributed by atoms with E-state index in [1.54, 1.807) is 12.1 Å². The minimum absolute atomic E-state index is 0.0846. The number of aryl methyl sites for hydroxylation is 1. The summed E-state index contributed by atoms with van der Waals surface area (Å²) in [6.45, 7) is 4.33. The Hall–Kier alpha value is -2.63. The topological polar surface area (TPSA) is 73.2 Å². The van der Waals surface area contributed by atoms with Crippen molar-refractivity contribution in [1.29, 1.82) is 0 Å². The largest absolute Gasteiger partial charge is 0.492 e. The number of anilines is 1. The molecule has 2 aromatic rings. The van der Waals surface area contributed by atoms with Crippen LogP contribution in [0.5, 0.6) is 5.75 Å². The summed E-state index contributed by atoms with van der Waals surface area (Å²) >= 11 is 0. The van der Waals surface area contributed by atoms with Crippen molar-refractivity contribution in [1.82, 2.24) is 9.55 Å². The number of ether oxygens (including phenoxy) is 1. The first-order chi connectivity index (χ1) is 11.1. The Bertz CT molecular complexity index is 725. The van der Waals surface area contributed by atoms with Crippen LogP contribution in [0.3, 0.4) is 0 Å². The summed E-state index contributed by atoms with van der Waals surface area (Å²) in [7, 11) is 0. The molecule has 0 saturated carbocycles. The molecule has 0 fully saturated rings. The van der Waals surface area contributed by atoms with Crippen molar-refractivity contribution in [3.05, 3.63) is 52.7 Å². The molecule has 1 N–H and O–H groups in total. The minimum Gasteiger partial charge on any atom is -0.492 e. The molecule has 0 unspecified atom stereocenters. The summed E-state index contributed by atoms with van der Waals surface area (Å²) in [6, 6.07) is 8.67. The number of hydrogen-bond donors (Lipinski definition) is 1. The Balaban J connectivity index is 2.07. The Labute approximate surface area is 135 Å². The number of carbonyl (C=O) groups excluding carboxylic acids is 1. The van der Waals surface area contributed by atoms with E-state index in [1.807, 2.05) is 26.0 Å². The summed E-state index contributed by atoms with van der Waals surface area (Å²) in [5, 5.41) is 2.76. The van der Waals surface area contributed by atoms with Gasteiger partial charge in [0.1, 0.15) is 12.3 Å². The zero-order valence-corrected chi connectivity index (χ0v) is 13.4. The Morgan fingerprint density at radius 3 is 2.78 bits per heavy atom. The van der Waals surface area contributed by atoms with Gasteiger partial charge in [0.15, 0.2) is 0 Å². The summed E-state index contributed by atoms with van der Waals surface area (Å²) in [4.78, 5) is 28.3. The van der Waals surface area contributed by atoms with Crippen LogP contribution in [0.25, 0.3) is 0 Å². The van der Waals surface area contributed by atoms with Crippen LogP contribution in [0.4, 0.5) is 5.69 Å². The maximum atomic E-state index is 12.1. The lowest BCUT2D eigenvalue weighted by Gasteiger charge is -2.12. The molecule has 0 atom stereocenters. The Kier molecular flexibility index (Phi) is 5.91. The number of rotatable bonds is 7. The highest BCUT2D eigenvalue weighted by atomic mass is 16.5. The molecule has 1 amide bonds. The smallest absolute Gasteiger partial charge is 0.253 e. The van der Waals surface area contributed by atoms with Gasteiger partial charge >= 0.3 is 0 Å². The van der Waals surface area contributed by atoms with E-state index in [0.717, 1.165) is 18.5 Å². The molecule has 0 radical (unpaired) electrons. The van der Waals surface area contributed by atoms with Crippen LogP contribution in [0.15, 0.2) is 41.5 Å². The van der Waals surface area contributed by atoms with Gasteiger partial charge in [0.05, 0.1) is 18.6 Å². The second-order valence-corrected chi connectivity index (χ2v) is 5.07. The lowest BCUT2D eigenvalue weighted by molar-refractivity contribution is -0.116. The van der Waals surface area contributed by atoms with Crippen LogP contribution in [0.1, 0.15) is 26.0 Å². The van der Waals surface area contributed by atoms with Gasteiger partial charge in [-0.05, 0) is 25.5 Å². The van der Waals surface area contributed by atoms with Crippen molar-refractivity contribution in [2.45, 2.75) is 33.2 Å². The van der Waals surface area contributed by atoms with E-state index in [9.17, 15) is 9.59 Å². The summed E-state index contributed by atoms with van der Waals surface area (Å²) in [6.07, 6.45) is 3.09. The molecule has 0 bridgehead atoms. The van der Waals surface area contributed by atoms with Gasteiger partial charge in [0.2, 0.25) is 5.91 Å². The predicted octanol–water partition coefficient (Wildman–Crippen LogP) is 2.23. The first-order valence-electron chi connectivity index (χ1n) is 7.71. The number of aromatic nitrogens is 2. The first-order valence-corrected chi connectivity index (χ1v) is 7.71. The maximum absolute atomic E-state index is 12.1. The van der Waals surface area contributed by atoms with Gasteiger partial charge in [-0.3, -0.25) is 14.2 Å². The number of amides is 1. The number of para-hydroxylation sites is 2. The number of nitrogens with zero attached hydrogens (tertiary/aromatic N) is 2. The van der Waals surface area contributed by atoms with E-state index in [4.69, 9.17) is 4.74 Å². The molecule has 1 aromatic heterocycles. The number of benzene rings is 1. The third-order valence-electron chi connectivity index (χ3n) is 3.22. The highest BCUT2D eigenvalue weighted by molar-refractivity contribution is 5.92. The molecule has 1 heterocycles. The fourth-order valence-corrected chi connectivity index (χ4v) is 2.17. The Morgan fingerprint density at radius 1 is 1.30 bits per heavy atom. The summed E-state index contributed by atoms with van der Waals surface area (Å²) < 4.78 is 6.75. The van der Waals surface area contributed by atoms with Gasteiger partial charge < -0.3 is 10.1 Å². The maximum Gasteiger partial charge on any atom is 0.253 e. The molecule has 0 aliphatic carbocycles. The molecule has 6 nitrogen and oxygen atoms in total. The van der Waals surface area contributed by atoms with E-state index >= 15 is 0 Å². The molecule has 0 aliphatic heterocycles. The van der Waals surface area contributed by atoms with Crippen molar-refractivity contribution >= 4 is 11.6 Å². The fraction of sp³-hybridized carbons (Fsp3) is 0.353. The normalized spacial score (nSPS) is 10.3. The molecule has 0 saturated heterocycles. The molecule has 122 valence electrons. The van der Waals surface area contributed by atoms with Crippen molar-refractivity contribution < 1.29 is 9.53 Å². The minimum atomic E-state index is -0.302. The summed E-state index contributed by atoms with van der Waals surface area (Å²) in [5.74, 6) is 0.302. The quantitative estimate of drug-likeness (QED) is 0.850. The molecule has 0 spiro atoms. The van der Waals surface area contributed by atoms with Crippen LogP contribution in [-0.2, 0) is 17.8 Å². The first kappa shape index (κ1) is 16.7. The standard InChI is InChI=1S/C17H21N3O3/c1-3-7-13-10-17(22)20(12-18-13)11-16(21)19-14-8-5-6-9-15(14)23-4-2/h5-6,8-10,12H,3-4,7,11H2,1-2H3,(H,19,21). The highest BCUT2D eigenvalue weighted by Crippen LogP contribution is 2.23. The second kappa shape index (κ2) is 8.12. The van der Waals surface area contributed by atoms with Crippen LogP contribution in [0, 0.1) is 0 Å². The molecule has 1 aromatic carbocycles. The number of hydrogen-bond acceptors (Lipinski definition) is 4. The zero-order chi connectivity index (χ0) is 16.7. The van der Waals surface area contributed by atoms with E-state index in [0.29, 0.717) is 18.0 Å². The summed E-state index contributed by atoms with van der Waals surface area (Å²) in [5.41, 5.74) is 1.11. The zero-order valence-electron chi connectivity index (χ0n) is 13.4.